The summed E-state index contributed by atoms with van der Waals surface area (Å²) in [5.74, 6) is 0.921. The Kier molecular flexibility index (Phi) is 5.14. The SMILES string of the molecule is Cc1ccccc1OCCCC(=O)NC1CC1c1cccc(F)c1. The standard InChI is InChI=1S/C20H22FNO2/c1-14-6-2-3-9-19(14)24-11-5-10-20(23)22-18-13-17(18)15-7-4-8-16(21)12-15/h2-4,6-9,12,17-18H,5,10-11,13H2,1H3,(H,22,23). The minimum Gasteiger partial charge on any atom is -0.493 e. The summed E-state index contributed by atoms with van der Waals surface area (Å²) in [4.78, 5) is 12.0. The largest absolute Gasteiger partial charge is 0.493 e. The molecule has 2 aromatic rings. The van der Waals surface area contributed by atoms with Crippen molar-refractivity contribution < 1.29 is 13.9 Å². The van der Waals surface area contributed by atoms with Crippen LogP contribution in [0.1, 0.15) is 36.3 Å². The topological polar surface area (TPSA) is 38.3 Å². The molecule has 4 heteroatoms. The number of aryl methyl sites for hydroxylation is 1. The summed E-state index contributed by atoms with van der Waals surface area (Å²) in [5, 5.41) is 3.02. The van der Waals surface area contributed by atoms with E-state index in [4.69, 9.17) is 4.74 Å². The van der Waals surface area contributed by atoms with E-state index >= 15 is 0 Å². The molecular weight excluding hydrogens is 305 g/mol. The fourth-order valence-corrected chi connectivity index (χ4v) is 2.87. The van der Waals surface area contributed by atoms with Gasteiger partial charge >= 0.3 is 0 Å². The van der Waals surface area contributed by atoms with E-state index in [9.17, 15) is 9.18 Å². The van der Waals surface area contributed by atoms with Crippen LogP contribution in [-0.2, 0) is 4.79 Å². The number of benzene rings is 2. The van der Waals surface area contributed by atoms with Crippen molar-refractivity contribution in [2.45, 2.75) is 38.1 Å². The van der Waals surface area contributed by atoms with E-state index in [0.29, 0.717) is 19.4 Å². The van der Waals surface area contributed by atoms with Crippen LogP contribution in [0.3, 0.4) is 0 Å². The zero-order valence-electron chi connectivity index (χ0n) is 13.8. The average molecular weight is 327 g/mol. The first kappa shape index (κ1) is 16.5. The van der Waals surface area contributed by atoms with E-state index in [-0.39, 0.29) is 23.7 Å². The quantitative estimate of drug-likeness (QED) is 0.782. The zero-order chi connectivity index (χ0) is 16.9. The summed E-state index contributed by atoms with van der Waals surface area (Å²) >= 11 is 0. The summed E-state index contributed by atoms with van der Waals surface area (Å²) in [6.45, 7) is 2.53. The van der Waals surface area contributed by atoms with Crippen molar-refractivity contribution in [1.82, 2.24) is 5.32 Å². The molecule has 1 amide bonds. The molecule has 0 aliphatic heterocycles. The van der Waals surface area contributed by atoms with Gasteiger partial charge in [0.15, 0.2) is 0 Å². The molecule has 126 valence electrons. The van der Waals surface area contributed by atoms with Crippen LogP contribution in [0.15, 0.2) is 48.5 Å². The molecule has 3 rings (SSSR count). The van der Waals surface area contributed by atoms with Crippen LogP contribution in [0, 0.1) is 12.7 Å². The fourth-order valence-electron chi connectivity index (χ4n) is 2.87. The van der Waals surface area contributed by atoms with Crippen molar-refractivity contribution in [3.63, 3.8) is 0 Å². The molecule has 0 radical (unpaired) electrons. The maximum Gasteiger partial charge on any atom is 0.220 e. The highest BCUT2D eigenvalue weighted by Crippen LogP contribution is 2.40. The van der Waals surface area contributed by atoms with Gasteiger partial charge in [-0.25, -0.2) is 4.39 Å². The van der Waals surface area contributed by atoms with Gasteiger partial charge in [-0.05, 0) is 49.1 Å². The van der Waals surface area contributed by atoms with E-state index in [0.717, 1.165) is 23.3 Å². The summed E-state index contributed by atoms with van der Waals surface area (Å²) in [6.07, 6.45) is 2.00. The molecule has 1 saturated carbocycles. The Hall–Kier alpha value is -2.36. The predicted octanol–water partition coefficient (Wildman–Crippen LogP) is 3.97. The molecular formula is C20H22FNO2. The Balaban J connectivity index is 1.36. The van der Waals surface area contributed by atoms with Gasteiger partial charge in [0.25, 0.3) is 0 Å². The van der Waals surface area contributed by atoms with Crippen LogP contribution in [0.5, 0.6) is 5.75 Å². The van der Waals surface area contributed by atoms with Gasteiger partial charge in [0, 0.05) is 18.4 Å². The van der Waals surface area contributed by atoms with Crippen molar-refractivity contribution in [3.8, 4) is 5.75 Å². The van der Waals surface area contributed by atoms with Gasteiger partial charge in [0.05, 0.1) is 6.61 Å². The highest BCUT2D eigenvalue weighted by molar-refractivity contribution is 5.76. The predicted molar refractivity (Wildman–Crippen MR) is 91.6 cm³/mol. The second-order valence-electron chi connectivity index (χ2n) is 6.29. The van der Waals surface area contributed by atoms with E-state index in [1.54, 1.807) is 12.1 Å². The van der Waals surface area contributed by atoms with Crippen molar-refractivity contribution in [1.29, 1.82) is 0 Å². The highest BCUT2D eigenvalue weighted by Gasteiger charge is 2.39. The lowest BCUT2D eigenvalue weighted by Gasteiger charge is -2.09. The van der Waals surface area contributed by atoms with Crippen molar-refractivity contribution in [2.75, 3.05) is 6.61 Å². The number of rotatable bonds is 7. The lowest BCUT2D eigenvalue weighted by molar-refractivity contribution is -0.121. The van der Waals surface area contributed by atoms with E-state index in [2.05, 4.69) is 5.32 Å². The third-order valence-corrected chi connectivity index (χ3v) is 4.31. The first-order valence-corrected chi connectivity index (χ1v) is 8.37. The summed E-state index contributed by atoms with van der Waals surface area (Å²) < 4.78 is 18.9. The lowest BCUT2D eigenvalue weighted by atomic mass is 10.1. The number of hydrogen-bond donors (Lipinski definition) is 1. The van der Waals surface area contributed by atoms with Gasteiger partial charge in [-0.3, -0.25) is 4.79 Å². The van der Waals surface area contributed by atoms with Crippen molar-refractivity contribution in [3.05, 3.63) is 65.5 Å². The van der Waals surface area contributed by atoms with Gasteiger partial charge in [-0.1, -0.05) is 30.3 Å². The molecule has 24 heavy (non-hydrogen) atoms. The number of halogens is 1. The molecule has 0 spiro atoms. The minimum absolute atomic E-state index is 0.0345. The smallest absolute Gasteiger partial charge is 0.220 e. The Morgan fingerprint density at radius 1 is 1.25 bits per heavy atom. The number of ether oxygens (including phenoxy) is 1. The number of carbonyl (C=O) groups is 1. The number of amides is 1. The normalized spacial score (nSPS) is 18.9. The molecule has 0 aromatic heterocycles. The molecule has 0 bridgehead atoms. The third-order valence-electron chi connectivity index (χ3n) is 4.31. The van der Waals surface area contributed by atoms with E-state index < -0.39 is 0 Å². The van der Waals surface area contributed by atoms with Crippen LogP contribution in [0.4, 0.5) is 4.39 Å². The van der Waals surface area contributed by atoms with Gasteiger partial charge in [0.1, 0.15) is 11.6 Å². The maximum absolute atomic E-state index is 13.2. The third kappa shape index (κ3) is 4.34. The second-order valence-corrected chi connectivity index (χ2v) is 6.29. The zero-order valence-corrected chi connectivity index (χ0v) is 13.8. The first-order valence-electron chi connectivity index (χ1n) is 8.37. The van der Waals surface area contributed by atoms with Crippen molar-refractivity contribution in [2.24, 2.45) is 0 Å². The molecule has 2 unspecified atom stereocenters. The van der Waals surface area contributed by atoms with Crippen LogP contribution >= 0.6 is 0 Å². The summed E-state index contributed by atoms with van der Waals surface area (Å²) in [6, 6.07) is 14.6. The monoisotopic (exact) mass is 327 g/mol. The number of para-hydroxylation sites is 1. The molecule has 1 aliphatic carbocycles. The van der Waals surface area contributed by atoms with Gasteiger partial charge in [0.2, 0.25) is 5.91 Å². The minimum atomic E-state index is -0.224. The first-order chi connectivity index (χ1) is 11.6. The van der Waals surface area contributed by atoms with Crippen LogP contribution in [-0.4, -0.2) is 18.6 Å². The second kappa shape index (κ2) is 7.47. The molecule has 2 atom stereocenters. The molecule has 2 aromatic carbocycles. The Labute approximate surface area is 141 Å². The molecule has 1 aliphatic rings. The van der Waals surface area contributed by atoms with Crippen LogP contribution in [0.25, 0.3) is 0 Å². The molecule has 0 heterocycles. The lowest BCUT2D eigenvalue weighted by Crippen LogP contribution is -2.26. The molecule has 0 saturated heterocycles. The van der Waals surface area contributed by atoms with E-state index in [1.807, 2.05) is 37.3 Å². The molecule has 1 fully saturated rings. The number of hydrogen-bond acceptors (Lipinski definition) is 2. The van der Waals surface area contributed by atoms with Crippen molar-refractivity contribution >= 4 is 5.91 Å². The van der Waals surface area contributed by atoms with Gasteiger partial charge in [-0.15, -0.1) is 0 Å². The van der Waals surface area contributed by atoms with Crippen LogP contribution in [0.2, 0.25) is 0 Å². The number of carbonyl (C=O) groups excluding carboxylic acids is 1. The maximum atomic E-state index is 13.2. The summed E-state index contributed by atoms with van der Waals surface area (Å²) in [5.41, 5.74) is 2.06. The fraction of sp³-hybridized carbons (Fsp3) is 0.350. The Bertz CT molecular complexity index is 716. The highest BCUT2D eigenvalue weighted by atomic mass is 19.1. The summed E-state index contributed by atoms with van der Waals surface area (Å²) in [7, 11) is 0. The Morgan fingerprint density at radius 3 is 2.88 bits per heavy atom. The van der Waals surface area contributed by atoms with Crippen LogP contribution < -0.4 is 10.1 Å². The van der Waals surface area contributed by atoms with Gasteiger partial charge < -0.3 is 10.1 Å². The average Bonchev–Trinajstić information content (AvgIpc) is 3.32. The van der Waals surface area contributed by atoms with Gasteiger partial charge in [-0.2, -0.15) is 0 Å². The van der Waals surface area contributed by atoms with E-state index in [1.165, 1.54) is 6.07 Å². The number of nitrogens with one attached hydrogen (secondary N) is 1. The molecule has 3 nitrogen and oxygen atoms in total. The molecule has 1 N–H and O–H groups in total. The Morgan fingerprint density at radius 2 is 2.08 bits per heavy atom.